The molecular formula is C10H13N5. The van der Waals surface area contributed by atoms with Crippen LogP contribution in [-0.2, 0) is 6.54 Å². The highest BCUT2D eigenvalue weighted by molar-refractivity contribution is 5.39. The molecule has 5 nitrogen and oxygen atoms in total. The molecule has 5 heteroatoms. The van der Waals surface area contributed by atoms with Crippen LogP contribution in [0.3, 0.4) is 0 Å². The lowest BCUT2D eigenvalue weighted by molar-refractivity contribution is 0.515. The van der Waals surface area contributed by atoms with Crippen molar-refractivity contribution in [3.05, 3.63) is 30.1 Å². The summed E-state index contributed by atoms with van der Waals surface area (Å²) in [5.74, 6) is 0. The van der Waals surface area contributed by atoms with Crippen LogP contribution < -0.4 is 5.73 Å². The van der Waals surface area contributed by atoms with Crippen LogP contribution in [0.4, 0.5) is 5.69 Å². The van der Waals surface area contributed by atoms with Crippen LogP contribution in [-0.4, -0.2) is 19.3 Å². The van der Waals surface area contributed by atoms with E-state index >= 15 is 0 Å². The van der Waals surface area contributed by atoms with E-state index in [2.05, 4.69) is 14.6 Å². The van der Waals surface area contributed by atoms with Gasteiger partial charge < -0.3 is 10.3 Å². The summed E-state index contributed by atoms with van der Waals surface area (Å²) in [6, 6.07) is 0.295. The summed E-state index contributed by atoms with van der Waals surface area (Å²) in [5, 5.41) is 4.42. The minimum atomic E-state index is 0.295. The third-order valence-electron chi connectivity index (χ3n) is 3.00. The van der Waals surface area contributed by atoms with Crippen molar-refractivity contribution in [3.63, 3.8) is 0 Å². The number of rotatable bonds is 1. The van der Waals surface area contributed by atoms with Crippen LogP contribution >= 0.6 is 0 Å². The van der Waals surface area contributed by atoms with Crippen molar-refractivity contribution in [1.29, 1.82) is 0 Å². The number of fused-ring (bicyclic) bond motifs is 1. The fraction of sp³-hybridized carbons (Fsp3) is 0.400. The summed E-state index contributed by atoms with van der Waals surface area (Å²) in [6.45, 7) is 2.94. The molecule has 1 unspecified atom stereocenters. The largest absolute Gasteiger partial charge is 0.396 e. The molecule has 15 heavy (non-hydrogen) atoms. The molecule has 1 aliphatic rings. The zero-order valence-electron chi connectivity index (χ0n) is 8.59. The molecule has 0 saturated heterocycles. The second-order valence-electron chi connectivity index (χ2n) is 3.97. The van der Waals surface area contributed by atoms with E-state index < -0.39 is 0 Å². The average molecular weight is 203 g/mol. The van der Waals surface area contributed by atoms with Crippen molar-refractivity contribution in [2.24, 2.45) is 0 Å². The Morgan fingerprint density at radius 3 is 3.13 bits per heavy atom. The van der Waals surface area contributed by atoms with E-state index in [9.17, 15) is 0 Å². The van der Waals surface area contributed by atoms with E-state index in [0.717, 1.165) is 24.3 Å². The number of aryl methyl sites for hydroxylation is 2. The van der Waals surface area contributed by atoms with Gasteiger partial charge in [0.05, 0.1) is 35.6 Å². The summed E-state index contributed by atoms with van der Waals surface area (Å²) in [5.41, 5.74) is 8.67. The number of nitrogens with zero attached hydrogens (tertiary/aromatic N) is 4. The van der Waals surface area contributed by atoms with Crippen molar-refractivity contribution in [2.45, 2.75) is 25.9 Å². The normalized spacial score (nSPS) is 19.4. The fourth-order valence-corrected chi connectivity index (χ4v) is 2.13. The maximum absolute atomic E-state index is 5.80. The monoisotopic (exact) mass is 203 g/mol. The van der Waals surface area contributed by atoms with Crippen molar-refractivity contribution in [3.8, 4) is 0 Å². The van der Waals surface area contributed by atoms with Gasteiger partial charge in [-0.1, -0.05) is 0 Å². The predicted octanol–water partition coefficient (Wildman–Crippen LogP) is 0.963. The van der Waals surface area contributed by atoms with Crippen LogP contribution in [0.15, 0.2) is 18.7 Å². The topological polar surface area (TPSA) is 61.7 Å². The standard InChI is InChI=1S/C10H13N5/c1-7-8(11)5-15(13-7)9-2-3-14-6-12-4-10(9)14/h4-6,9H,2-3,11H2,1H3. The smallest absolute Gasteiger partial charge is 0.0952 e. The predicted molar refractivity (Wildman–Crippen MR) is 56.4 cm³/mol. The number of anilines is 1. The summed E-state index contributed by atoms with van der Waals surface area (Å²) in [7, 11) is 0. The van der Waals surface area contributed by atoms with E-state index in [0.29, 0.717) is 6.04 Å². The molecule has 0 aromatic carbocycles. The molecule has 0 fully saturated rings. The van der Waals surface area contributed by atoms with E-state index in [-0.39, 0.29) is 0 Å². The molecule has 0 bridgehead atoms. The van der Waals surface area contributed by atoms with Gasteiger partial charge in [-0.05, 0) is 13.3 Å². The molecule has 3 rings (SSSR count). The Balaban J connectivity index is 2.03. The Bertz CT molecular complexity index is 476. The van der Waals surface area contributed by atoms with Crippen LogP contribution in [0.2, 0.25) is 0 Å². The van der Waals surface area contributed by atoms with Crippen molar-refractivity contribution < 1.29 is 0 Å². The molecule has 1 aliphatic heterocycles. The molecule has 2 aromatic heterocycles. The van der Waals surface area contributed by atoms with E-state index in [4.69, 9.17) is 5.73 Å². The van der Waals surface area contributed by atoms with Crippen molar-refractivity contribution in [1.82, 2.24) is 19.3 Å². The summed E-state index contributed by atoms with van der Waals surface area (Å²) < 4.78 is 4.11. The second kappa shape index (κ2) is 2.85. The van der Waals surface area contributed by atoms with Crippen LogP contribution in [0, 0.1) is 6.92 Å². The maximum atomic E-state index is 5.80. The molecule has 2 aromatic rings. The van der Waals surface area contributed by atoms with E-state index in [1.807, 2.05) is 30.3 Å². The van der Waals surface area contributed by atoms with Gasteiger partial charge in [0.25, 0.3) is 0 Å². The first kappa shape index (κ1) is 8.52. The van der Waals surface area contributed by atoms with Gasteiger partial charge in [0.1, 0.15) is 0 Å². The van der Waals surface area contributed by atoms with Gasteiger partial charge in [0, 0.05) is 12.7 Å². The molecule has 0 saturated carbocycles. The lowest BCUT2D eigenvalue weighted by Crippen LogP contribution is -2.07. The summed E-state index contributed by atoms with van der Waals surface area (Å²) >= 11 is 0. The van der Waals surface area contributed by atoms with Crippen LogP contribution in [0.5, 0.6) is 0 Å². The first-order chi connectivity index (χ1) is 7.25. The van der Waals surface area contributed by atoms with Crippen LogP contribution in [0.25, 0.3) is 0 Å². The molecule has 0 spiro atoms. The first-order valence-corrected chi connectivity index (χ1v) is 5.07. The number of nitrogen functional groups attached to an aromatic ring is 1. The lowest BCUT2D eigenvalue weighted by Gasteiger charge is -2.08. The quantitative estimate of drug-likeness (QED) is 0.751. The van der Waals surface area contributed by atoms with Crippen molar-refractivity contribution >= 4 is 5.69 Å². The Kier molecular flexibility index (Phi) is 1.62. The Hall–Kier alpha value is -1.78. The van der Waals surface area contributed by atoms with Gasteiger partial charge in [-0.2, -0.15) is 5.10 Å². The SMILES string of the molecule is Cc1nn(C2CCn3cncc32)cc1N. The molecule has 2 N–H and O–H groups in total. The highest BCUT2D eigenvalue weighted by atomic mass is 15.3. The van der Waals surface area contributed by atoms with Crippen molar-refractivity contribution in [2.75, 3.05) is 5.73 Å². The zero-order valence-corrected chi connectivity index (χ0v) is 8.59. The van der Waals surface area contributed by atoms with E-state index in [1.165, 1.54) is 5.69 Å². The Labute approximate surface area is 87.5 Å². The Morgan fingerprint density at radius 1 is 1.53 bits per heavy atom. The molecule has 1 atom stereocenters. The molecule has 78 valence electrons. The Morgan fingerprint density at radius 2 is 2.40 bits per heavy atom. The van der Waals surface area contributed by atoms with E-state index in [1.54, 1.807) is 0 Å². The van der Waals surface area contributed by atoms with Gasteiger partial charge >= 0.3 is 0 Å². The number of imidazole rings is 1. The number of nitrogens with two attached hydrogens (primary N) is 1. The molecule has 0 radical (unpaired) electrons. The second-order valence-corrected chi connectivity index (χ2v) is 3.97. The van der Waals surface area contributed by atoms with Crippen LogP contribution in [0.1, 0.15) is 23.9 Å². The lowest BCUT2D eigenvalue weighted by atomic mass is 10.2. The molecule has 3 heterocycles. The third-order valence-corrected chi connectivity index (χ3v) is 3.00. The maximum Gasteiger partial charge on any atom is 0.0952 e. The molecular weight excluding hydrogens is 190 g/mol. The fourth-order valence-electron chi connectivity index (χ4n) is 2.13. The van der Waals surface area contributed by atoms with Gasteiger partial charge in [0.2, 0.25) is 0 Å². The summed E-state index contributed by atoms with van der Waals surface area (Å²) in [6.07, 6.45) is 6.75. The molecule has 0 amide bonds. The third kappa shape index (κ3) is 1.16. The van der Waals surface area contributed by atoms with Gasteiger partial charge in [-0.25, -0.2) is 4.98 Å². The highest BCUT2D eigenvalue weighted by Crippen LogP contribution is 2.29. The molecule has 0 aliphatic carbocycles. The minimum absolute atomic E-state index is 0.295. The van der Waals surface area contributed by atoms with Gasteiger partial charge in [-0.15, -0.1) is 0 Å². The number of hydrogen-bond acceptors (Lipinski definition) is 3. The highest BCUT2D eigenvalue weighted by Gasteiger charge is 2.25. The minimum Gasteiger partial charge on any atom is -0.396 e. The zero-order chi connectivity index (χ0) is 10.4. The van der Waals surface area contributed by atoms with Gasteiger partial charge in [-0.3, -0.25) is 4.68 Å². The number of aromatic nitrogens is 4. The first-order valence-electron chi connectivity index (χ1n) is 5.07. The average Bonchev–Trinajstić information content (AvgIpc) is 2.81. The van der Waals surface area contributed by atoms with Gasteiger partial charge in [0.15, 0.2) is 0 Å². The number of hydrogen-bond donors (Lipinski definition) is 1. The summed E-state index contributed by atoms with van der Waals surface area (Å²) in [4.78, 5) is 4.14.